The van der Waals surface area contributed by atoms with Gasteiger partial charge < -0.3 is 13.9 Å². The number of piperazine rings is 1. The highest BCUT2D eigenvalue weighted by molar-refractivity contribution is 5.59. The van der Waals surface area contributed by atoms with Crippen molar-refractivity contribution in [2.24, 2.45) is 0 Å². The van der Waals surface area contributed by atoms with Crippen LogP contribution in [0.5, 0.6) is 11.5 Å². The molecule has 1 fully saturated rings. The molecule has 0 amide bonds. The van der Waals surface area contributed by atoms with E-state index in [0.717, 1.165) is 38.3 Å². The van der Waals surface area contributed by atoms with Crippen molar-refractivity contribution in [2.75, 3.05) is 46.9 Å². The number of nitrogens with zero attached hydrogens (tertiary/aromatic N) is 4. The molecule has 7 heteroatoms. The SMILES string of the molecule is COc1ccc(-c2nnc(CN3CCN(C/C=C/c4ccccc4)CC3)o2)cc1OC. The van der Waals surface area contributed by atoms with Crippen molar-refractivity contribution in [3.05, 3.63) is 66.1 Å². The van der Waals surface area contributed by atoms with Gasteiger partial charge in [-0.05, 0) is 23.8 Å². The molecule has 4 rings (SSSR count). The topological polar surface area (TPSA) is 63.9 Å². The maximum absolute atomic E-state index is 5.90. The van der Waals surface area contributed by atoms with E-state index in [2.05, 4.69) is 56.4 Å². The third-order valence-corrected chi connectivity index (χ3v) is 5.39. The molecule has 162 valence electrons. The van der Waals surface area contributed by atoms with Crippen molar-refractivity contribution in [2.45, 2.75) is 6.54 Å². The summed E-state index contributed by atoms with van der Waals surface area (Å²) in [5.41, 5.74) is 2.05. The molecular formula is C24H28N4O3. The summed E-state index contributed by atoms with van der Waals surface area (Å²) >= 11 is 0. The first-order chi connectivity index (χ1) is 15.2. The lowest BCUT2D eigenvalue weighted by Gasteiger charge is -2.33. The zero-order valence-electron chi connectivity index (χ0n) is 18.0. The third kappa shape index (κ3) is 5.51. The predicted molar refractivity (Wildman–Crippen MR) is 120 cm³/mol. The van der Waals surface area contributed by atoms with Gasteiger partial charge in [0.05, 0.1) is 20.8 Å². The maximum Gasteiger partial charge on any atom is 0.247 e. The van der Waals surface area contributed by atoms with Crippen LogP contribution < -0.4 is 9.47 Å². The van der Waals surface area contributed by atoms with E-state index in [1.807, 2.05) is 24.3 Å². The Morgan fingerprint density at radius 2 is 1.65 bits per heavy atom. The van der Waals surface area contributed by atoms with Crippen molar-refractivity contribution >= 4 is 6.08 Å². The van der Waals surface area contributed by atoms with Crippen LogP contribution in [0.3, 0.4) is 0 Å². The molecule has 1 aromatic heterocycles. The first-order valence-corrected chi connectivity index (χ1v) is 10.5. The summed E-state index contributed by atoms with van der Waals surface area (Å²) in [5.74, 6) is 2.42. The van der Waals surface area contributed by atoms with Gasteiger partial charge >= 0.3 is 0 Å². The summed E-state index contributed by atoms with van der Waals surface area (Å²) in [6, 6.07) is 16.0. The molecule has 0 atom stereocenters. The van der Waals surface area contributed by atoms with E-state index in [0.29, 0.717) is 29.8 Å². The van der Waals surface area contributed by atoms with Gasteiger partial charge in [0.1, 0.15) is 0 Å². The van der Waals surface area contributed by atoms with Crippen molar-refractivity contribution in [3.63, 3.8) is 0 Å². The molecular weight excluding hydrogens is 392 g/mol. The molecule has 2 heterocycles. The Bertz CT molecular complexity index is 995. The molecule has 3 aromatic rings. The highest BCUT2D eigenvalue weighted by atomic mass is 16.5. The molecule has 2 aromatic carbocycles. The number of hydrogen-bond donors (Lipinski definition) is 0. The van der Waals surface area contributed by atoms with E-state index < -0.39 is 0 Å². The minimum Gasteiger partial charge on any atom is -0.493 e. The van der Waals surface area contributed by atoms with Gasteiger partial charge in [-0.1, -0.05) is 42.5 Å². The van der Waals surface area contributed by atoms with Gasteiger partial charge in [0, 0.05) is 38.3 Å². The minimum atomic E-state index is 0.487. The second-order valence-corrected chi connectivity index (χ2v) is 7.46. The lowest BCUT2D eigenvalue weighted by Crippen LogP contribution is -2.45. The van der Waals surface area contributed by atoms with Crippen LogP contribution in [-0.4, -0.2) is 66.9 Å². The van der Waals surface area contributed by atoms with Crippen LogP contribution in [0.1, 0.15) is 11.5 Å². The van der Waals surface area contributed by atoms with E-state index in [1.54, 1.807) is 14.2 Å². The second kappa shape index (κ2) is 10.2. The fraction of sp³-hybridized carbons (Fsp3) is 0.333. The molecule has 0 N–H and O–H groups in total. The van der Waals surface area contributed by atoms with E-state index in [4.69, 9.17) is 13.9 Å². The third-order valence-electron chi connectivity index (χ3n) is 5.39. The average Bonchev–Trinajstić information content (AvgIpc) is 3.29. The van der Waals surface area contributed by atoms with Gasteiger partial charge in [-0.15, -0.1) is 10.2 Å². The maximum atomic E-state index is 5.90. The molecule has 31 heavy (non-hydrogen) atoms. The van der Waals surface area contributed by atoms with Gasteiger partial charge in [0.25, 0.3) is 0 Å². The Kier molecular flexibility index (Phi) is 6.96. The largest absolute Gasteiger partial charge is 0.493 e. The van der Waals surface area contributed by atoms with Crippen LogP contribution in [0, 0.1) is 0 Å². The Hall–Kier alpha value is -3.16. The van der Waals surface area contributed by atoms with Crippen molar-refractivity contribution in [3.8, 4) is 23.0 Å². The standard InChI is InChI=1S/C24H28N4O3/c1-29-21-11-10-20(17-22(21)30-2)24-26-25-23(31-24)18-28-15-13-27(14-16-28)12-6-9-19-7-4-3-5-8-19/h3-11,17H,12-16,18H2,1-2H3/b9-6+. The fourth-order valence-electron chi connectivity index (χ4n) is 3.63. The number of rotatable bonds is 8. The molecule has 0 radical (unpaired) electrons. The smallest absolute Gasteiger partial charge is 0.247 e. The van der Waals surface area contributed by atoms with Crippen molar-refractivity contribution < 1.29 is 13.9 Å². The van der Waals surface area contributed by atoms with E-state index in [1.165, 1.54) is 5.56 Å². The normalized spacial score (nSPS) is 15.4. The van der Waals surface area contributed by atoms with Crippen LogP contribution in [0.15, 0.2) is 59.0 Å². The van der Waals surface area contributed by atoms with Gasteiger partial charge in [-0.2, -0.15) is 0 Å². The Morgan fingerprint density at radius 1 is 0.903 bits per heavy atom. The first kappa shape index (κ1) is 21.1. The zero-order chi connectivity index (χ0) is 21.5. The number of hydrogen-bond acceptors (Lipinski definition) is 7. The number of benzene rings is 2. The van der Waals surface area contributed by atoms with Crippen molar-refractivity contribution in [1.29, 1.82) is 0 Å². The van der Waals surface area contributed by atoms with E-state index in [9.17, 15) is 0 Å². The monoisotopic (exact) mass is 420 g/mol. The first-order valence-electron chi connectivity index (χ1n) is 10.5. The summed E-state index contributed by atoms with van der Waals surface area (Å²) in [7, 11) is 3.22. The summed E-state index contributed by atoms with van der Waals surface area (Å²) in [4.78, 5) is 4.81. The van der Waals surface area contributed by atoms with Crippen LogP contribution in [0.25, 0.3) is 17.5 Å². The Labute approximate surface area is 182 Å². The average molecular weight is 421 g/mol. The molecule has 0 bridgehead atoms. The second-order valence-electron chi connectivity index (χ2n) is 7.46. The van der Waals surface area contributed by atoms with Crippen molar-refractivity contribution in [1.82, 2.24) is 20.0 Å². The minimum absolute atomic E-state index is 0.487. The van der Waals surface area contributed by atoms with Gasteiger partial charge in [-0.25, -0.2) is 0 Å². The molecule has 0 aliphatic carbocycles. The Balaban J connectivity index is 1.28. The summed E-state index contributed by atoms with van der Waals surface area (Å²) < 4.78 is 16.5. The van der Waals surface area contributed by atoms with E-state index >= 15 is 0 Å². The molecule has 1 saturated heterocycles. The van der Waals surface area contributed by atoms with Crippen LogP contribution in [0.2, 0.25) is 0 Å². The highest BCUT2D eigenvalue weighted by Crippen LogP contribution is 2.31. The van der Waals surface area contributed by atoms with E-state index in [-0.39, 0.29) is 0 Å². The lowest BCUT2D eigenvalue weighted by molar-refractivity contribution is 0.128. The quantitative estimate of drug-likeness (QED) is 0.552. The molecule has 1 aliphatic rings. The fourth-order valence-corrected chi connectivity index (χ4v) is 3.63. The van der Waals surface area contributed by atoms with Gasteiger partial charge in [-0.3, -0.25) is 9.80 Å². The number of ether oxygens (including phenoxy) is 2. The van der Waals surface area contributed by atoms with Crippen LogP contribution >= 0.6 is 0 Å². The molecule has 1 aliphatic heterocycles. The predicted octanol–water partition coefficient (Wildman–Crippen LogP) is 3.58. The highest BCUT2D eigenvalue weighted by Gasteiger charge is 2.19. The zero-order valence-corrected chi connectivity index (χ0v) is 18.0. The Morgan fingerprint density at radius 3 is 2.39 bits per heavy atom. The summed E-state index contributed by atoms with van der Waals surface area (Å²) in [6.45, 7) is 5.63. The molecule has 0 saturated carbocycles. The summed E-state index contributed by atoms with van der Waals surface area (Å²) in [5, 5.41) is 8.44. The molecule has 0 unspecified atom stereocenters. The van der Waals surface area contributed by atoms with Crippen LogP contribution in [-0.2, 0) is 6.54 Å². The van der Waals surface area contributed by atoms with Gasteiger partial charge in [0.15, 0.2) is 11.5 Å². The van der Waals surface area contributed by atoms with Crippen LogP contribution in [0.4, 0.5) is 0 Å². The molecule has 0 spiro atoms. The van der Waals surface area contributed by atoms with Gasteiger partial charge in [0.2, 0.25) is 11.8 Å². The number of methoxy groups -OCH3 is 2. The molecule has 7 nitrogen and oxygen atoms in total. The lowest BCUT2D eigenvalue weighted by atomic mass is 10.2. The summed E-state index contributed by atoms with van der Waals surface area (Å²) in [6.07, 6.45) is 4.42. The number of aromatic nitrogens is 2.